The number of carboxylic acids is 1. The van der Waals surface area contributed by atoms with Gasteiger partial charge in [-0.15, -0.1) is 0 Å². The van der Waals surface area contributed by atoms with E-state index in [0.29, 0.717) is 0 Å². The number of aliphatic carboxylic acids is 1. The molecule has 1 amide bonds. The first-order valence-corrected chi connectivity index (χ1v) is 6.46. The Balaban J connectivity index is 2.37. The van der Waals surface area contributed by atoms with Crippen molar-refractivity contribution in [2.45, 2.75) is 12.1 Å². The second-order valence-corrected chi connectivity index (χ2v) is 4.91. The van der Waals surface area contributed by atoms with Crippen LogP contribution in [0.25, 0.3) is 0 Å². The lowest BCUT2D eigenvalue weighted by molar-refractivity contribution is -0.149. The Morgan fingerprint density at radius 1 is 1.32 bits per heavy atom. The Bertz CT molecular complexity index is 621. The van der Waals surface area contributed by atoms with Crippen molar-refractivity contribution in [3.8, 4) is 11.5 Å². The predicted octanol–water partition coefficient (Wildman–Crippen LogP) is 1.48. The summed E-state index contributed by atoms with van der Waals surface area (Å²) in [5, 5.41) is 8.85. The van der Waals surface area contributed by atoms with Crippen LogP contribution < -0.4 is 9.47 Å². The Hall–Kier alpha value is -2.38. The van der Waals surface area contributed by atoms with Crippen molar-refractivity contribution in [1.82, 2.24) is 4.90 Å². The Morgan fingerprint density at radius 2 is 2.00 bits per heavy atom. The third-order valence-electron chi connectivity index (χ3n) is 3.60. The van der Waals surface area contributed by atoms with Gasteiger partial charge >= 0.3 is 5.97 Å². The van der Waals surface area contributed by atoms with Gasteiger partial charge in [0.15, 0.2) is 11.5 Å². The third kappa shape index (κ3) is 2.56. The highest BCUT2D eigenvalue weighted by atomic mass is 19.1. The van der Waals surface area contributed by atoms with Gasteiger partial charge in [-0.3, -0.25) is 4.79 Å². The molecule has 1 unspecified atom stereocenters. The van der Waals surface area contributed by atoms with Gasteiger partial charge in [-0.05, 0) is 12.1 Å². The van der Waals surface area contributed by atoms with Crippen molar-refractivity contribution < 1.29 is 33.0 Å². The number of amides is 1. The molecule has 6 nitrogen and oxygen atoms in total. The van der Waals surface area contributed by atoms with Crippen LogP contribution in [0.3, 0.4) is 0 Å². The topological polar surface area (TPSA) is 76.1 Å². The van der Waals surface area contributed by atoms with Crippen molar-refractivity contribution in [3.63, 3.8) is 0 Å². The quantitative estimate of drug-likeness (QED) is 0.911. The van der Waals surface area contributed by atoms with Gasteiger partial charge in [-0.2, -0.15) is 0 Å². The molecule has 0 aromatic heterocycles. The molecule has 1 aliphatic heterocycles. The number of ether oxygens (including phenoxy) is 2. The van der Waals surface area contributed by atoms with Gasteiger partial charge in [0.1, 0.15) is 11.4 Å². The first kappa shape index (κ1) is 16.0. The average Bonchev–Trinajstić information content (AvgIpc) is 2.90. The first-order valence-electron chi connectivity index (χ1n) is 6.46. The highest BCUT2D eigenvalue weighted by molar-refractivity contribution is 5.99. The average molecular weight is 315 g/mol. The Labute approximate surface area is 125 Å². The Kier molecular flexibility index (Phi) is 4.20. The van der Waals surface area contributed by atoms with Crippen molar-refractivity contribution in [1.29, 1.82) is 0 Å². The van der Waals surface area contributed by atoms with Crippen LogP contribution >= 0.6 is 0 Å². The molecule has 0 aliphatic carbocycles. The van der Waals surface area contributed by atoms with Crippen LogP contribution in [-0.4, -0.2) is 54.9 Å². The van der Waals surface area contributed by atoms with E-state index in [1.165, 1.54) is 20.3 Å². The minimum Gasteiger partial charge on any atom is -0.493 e. The molecular weight excluding hydrogens is 300 g/mol. The van der Waals surface area contributed by atoms with Gasteiger partial charge < -0.3 is 19.5 Å². The molecule has 1 heterocycles. The number of likely N-dealkylation sites (tertiary alicyclic amines) is 1. The number of rotatable bonds is 4. The van der Waals surface area contributed by atoms with Crippen LogP contribution in [0.5, 0.6) is 11.5 Å². The fourth-order valence-electron chi connectivity index (χ4n) is 2.38. The summed E-state index contributed by atoms with van der Waals surface area (Å²) in [4.78, 5) is 24.3. The second-order valence-electron chi connectivity index (χ2n) is 4.91. The number of halogens is 2. The fraction of sp³-hybridized carbons (Fsp3) is 0.429. The smallest absolute Gasteiger partial charge is 0.343 e. The lowest BCUT2D eigenvalue weighted by Gasteiger charge is -2.20. The van der Waals surface area contributed by atoms with Crippen LogP contribution in [0.4, 0.5) is 8.78 Å². The molecule has 8 heteroatoms. The summed E-state index contributed by atoms with van der Waals surface area (Å²) in [6.07, 6.45) is -0.345. The fourth-order valence-corrected chi connectivity index (χ4v) is 2.38. The van der Waals surface area contributed by atoms with Gasteiger partial charge in [-0.1, -0.05) is 0 Å². The zero-order chi connectivity index (χ0) is 16.5. The van der Waals surface area contributed by atoms with Crippen LogP contribution in [0.2, 0.25) is 0 Å². The third-order valence-corrected chi connectivity index (χ3v) is 3.60. The van der Waals surface area contributed by atoms with Crippen LogP contribution in [0.15, 0.2) is 12.1 Å². The van der Waals surface area contributed by atoms with E-state index in [0.717, 1.165) is 11.0 Å². The number of carboxylic acid groups (broad SMARTS) is 1. The largest absolute Gasteiger partial charge is 0.493 e. The minimum atomic E-state index is -2.52. The minimum absolute atomic E-state index is 0.112. The van der Waals surface area contributed by atoms with E-state index in [1.54, 1.807) is 0 Å². The molecule has 1 fully saturated rings. The molecule has 1 saturated heterocycles. The van der Waals surface area contributed by atoms with Crippen LogP contribution in [0, 0.1) is 5.82 Å². The van der Waals surface area contributed by atoms with Gasteiger partial charge in [0, 0.05) is 13.0 Å². The predicted molar refractivity (Wildman–Crippen MR) is 71.5 cm³/mol. The Morgan fingerprint density at radius 3 is 2.50 bits per heavy atom. The molecular formula is C14H15F2NO5. The van der Waals surface area contributed by atoms with E-state index >= 15 is 0 Å². The summed E-state index contributed by atoms with van der Waals surface area (Å²) in [5.41, 5.74) is -2.92. The lowest BCUT2D eigenvalue weighted by atomic mass is 10.1. The van der Waals surface area contributed by atoms with Crippen molar-refractivity contribution in [3.05, 3.63) is 23.5 Å². The summed E-state index contributed by atoms with van der Waals surface area (Å²) < 4.78 is 38.1. The summed E-state index contributed by atoms with van der Waals surface area (Å²) in [6.45, 7) is -0.761. The molecule has 2 rings (SSSR count). The van der Waals surface area contributed by atoms with Crippen molar-refractivity contribution in [2.75, 3.05) is 27.3 Å². The van der Waals surface area contributed by atoms with E-state index in [9.17, 15) is 18.4 Å². The van der Waals surface area contributed by atoms with E-state index in [-0.39, 0.29) is 24.5 Å². The number of hydrogen-bond donors (Lipinski definition) is 1. The summed E-state index contributed by atoms with van der Waals surface area (Å²) in [6, 6.07) is 2.33. The number of methoxy groups -OCH3 is 2. The van der Waals surface area contributed by atoms with Gasteiger partial charge in [0.25, 0.3) is 5.91 Å². The van der Waals surface area contributed by atoms with Gasteiger partial charge in [0.2, 0.25) is 5.67 Å². The maximum atomic E-state index is 14.0. The highest BCUT2D eigenvalue weighted by Crippen LogP contribution is 2.35. The van der Waals surface area contributed by atoms with Gasteiger partial charge in [0.05, 0.1) is 20.8 Å². The molecule has 1 aliphatic rings. The zero-order valence-corrected chi connectivity index (χ0v) is 12.1. The molecule has 1 N–H and O–H groups in total. The second kappa shape index (κ2) is 5.78. The number of carbonyl (C=O) groups is 2. The molecule has 120 valence electrons. The number of nitrogens with zero attached hydrogens (tertiary/aromatic N) is 1. The molecule has 0 saturated carbocycles. The normalized spacial score (nSPS) is 20.8. The van der Waals surface area contributed by atoms with E-state index < -0.39 is 35.5 Å². The summed E-state index contributed by atoms with van der Waals surface area (Å²) in [5.74, 6) is -3.29. The maximum absolute atomic E-state index is 14.0. The van der Waals surface area contributed by atoms with E-state index in [4.69, 9.17) is 14.6 Å². The summed E-state index contributed by atoms with van der Waals surface area (Å²) >= 11 is 0. The zero-order valence-electron chi connectivity index (χ0n) is 12.1. The number of benzene rings is 1. The molecule has 0 radical (unpaired) electrons. The SMILES string of the molecule is COc1ccc(F)c(C(=O)N2CCC(F)(C(=O)O)C2)c1OC. The number of carbonyl (C=O) groups excluding carboxylic acids is 1. The van der Waals surface area contributed by atoms with E-state index in [1.807, 2.05) is 0 Å². The van der Waals surface area contributed by atoms with Crippen molar-refractivity contribution in [2.24, 2.45) is 0 Å². The number of hydrogen-bond acceptors (Lipinski definition) is 4. The molecule has 0 spiro atoms. The molecule has 22 heavy (non-hydrogen) atoms. The molecule has 1 aromatic carbocycles. The van der Waals surface area contributed by atoms with E-state index in [2.05, 4.69) is 0 Å². The van der Waals surface area contributed by atoms with Crippen molar-refractivity contribution >= 4 is 11.9 Å². The van der Waals surface area contributed by atoms with Crippen LogP contribution in [-0.2, 0) is 4.79 Å². The van der Waals surface area contributed by atoms with Crippen LogP contribution in [0.1, 0.15) is 16.8 Å². The summed E-state index contributed by atoms with van der Waals surface area (Å²) in [7, 11) is 2.58. The van der Waals surface area contributed by atoms with Gasteiger partial charge in [-0.25, -0.2) is 13.6 Å². The molecule has 1 atom stereocenters. The first-order chi connectivity index (χ1) is 10.3. The standard InChI is InChI=1S/C14H15F2NO5/c1-21-9-4-3-8(15)10(11(9)22-2)12(18)17-6-5-14(16,7-17)13(19)20/h3-4H,5-7H2,1-2H3,(H,19,20). The maximum Gasteiger partial charge on any atom is 0.343 e. The number of alkyl halides is 1. The molecule has 0 bridgehead atoms. The molecule has 1 aromatic rings. The monoisotopic (exact) mass is 315 g/mol. The highest BCUT2D eigenvalue weighted by Gasteiger charge is 2.47. The lowest BCUT2D eigenvalue weighted by Crippen LogP contribution is -2.39.